The molecule has 0 aliphatic heterocycles. The SMILES string of the molecule is CCOC(=O)CNC(=O)c1c[nH]c2c(-c3noc(-c4ccc(OC(C)C)c(Cl)c4)n3)cccc12. The lowest BCUT2D eigenvalue weighted by Crippen LogP contribution is -2.30. The molecule has 0 bridgehead atoms. The molecule has 4 rings (SSSR count). The van der Waals surface area contributed by atoms with Gasteiger partial charge in [-0.2, -0.15) is 4.98 Å². The van der Waals surface area contributed by atoms with Crippen molar-refractivity contribution in [2.45, 2.75) is 26.9 Å². The van der Waals surface area contributed by atoms with Crippen LogP contribution in [0.5, 0.6) is 5.75 Å². The summed E-state index contributed by atoms with van der Waals surface area (Å²) in [7, 11) is 0. The Hall–Kier alpha value is -3.85. The smallest absolute Gasteiger partial charge is 0.325 e. The van der Waals surface area contributed by atoms with E-state index < -0.39 is 11.9 Å². The maximum Gasteiger partial charge on any atom is 0.325 e. The average molecular weight is 483 g/mol. The highest BCUT2D eigenvalue weighted by atomic mass is 35.5. The summed E-state index contributed by atoms with van der Waals surface area (Å²) in [6, 6.07) is 10.7. The van der Waals surface area contributed by atoms with Gasteiger partial charge in [-0.15, -0.1) is 0 Å². The monoisotopic (exact) mass is 482 g/mol. The van der Waals surface area contributed by atoms with Crippen molar-refractivity contribution in [1.82, 2.24) is 20.4 Å². The minimum Gasteiger partial charge on any atom is -0.489 e. The van der Waals surface area contributed by atoms with Crippen LogP contribution in [0.3, 0.4) is 0 Å². The van der Waals surface area contributed by atoms with E-state index in [1.807, 2.05) is 19.9 Å². The number of esters is 1. The van der Waals surface area contributed by atoms with Crippen molar-refractivity contribution < 1.29 is 23.6 Å². The molecule has 0 saturated heterocycles. The minimum absolute atomic E-state index is 0.00298. The van der Waals surface area contributed by atoms with E-state index in [0.717, 1.165) is 0 Å². The van der Waals surface area contributed by atoms with Crippen molar-refractivity contribution in [2.75, 3.05) is 13.2 Å². The Balaban J connectivity index is 1.59. The van der Waals surface area contributed by atoms with E-state index in [1.54, 1.807) is 43.5 Å². The second-order valence-corrected chi connectivity index (χ2v) is 8.06. The molecule has 9 nitrogen and oxygen atoms in total. The molecule has 0 unspecified atom stereocenters. The van der Waals surface area contributed by atoms with E-state index >= 15 is 0 Å². The number of benzene rings is 2. The van der Waals surface area contributed by atoms with Gasteiger partial charge < -0.3 is 24.3 Å². The van der Waals surface area contributed by atoms with Gasteiger partial charge in [0.05, 0.1) is 28.8 Å². The van der Waals surface area contributed by atoms with Crippen LogP contribution in [-0.4, -0.2) is 46.3 Å². The first-order valence-corrected chi connectivity index (χ1v) is 11.1. The molecular weight excluding hydrogens is 460 g/mol. The molecule has 2 aromatic carbocycles. The zero-order chi connectivity index (χ0) is 24.2. The zero-order valence-corrected chi connectivity index (χ0v) is 19.6. The first kappa shape index (κ1) is 23.3. The van der Waals surface area contributed by atoms with Gasteiger partial charge in [0.1, 0.15) is 12.3 Å². The van der Waals surface area contributed by atoms with Gasteiger partial charge in [-0.05, 0) is 45.0 Å². The van der Waals surface area contributed by atoms with Crippen LogP contribution in [0.15, 0.2) is 47.1 Å². The maximum absolute atomic E-state index is 12.6. The molecule has 0 radical (unpaired) electrons. The number of nitrogens with zero attached hydrogens (tertiary/aromatic N) is 2. The largest absolute Gasteiger partial charge is 0.489 e. The quantitative estimate of drug-likeness (QED) is 0.351. The predicted octanol–water partition coefficient (Wildman–Crippen LogP) is 4.62. The molecule has 1 amide bonds. The summed E-state index contributed by atoms with van der Waals surface area (Å²) in [5, 5.41) is 7.76. The number of fused-ring (bicyclic) bond motifs is 1. The number of para-hydroxylation sites is 1. The Morgan fingerprint density at radius 2 is 2.06 bits per heavy atom. The van der Waals surface area contributed by atoms with Crippen molar-refractivity contribution >= 4 is 34.4 Å². The standard InChI is InChI=1S/C24H23ClN4O5/c1-4-32-20(30)12-27-23(31)17-11-26-21-15(17)6-5-7-16(21)22-28-24(34-29-22)14-8-9-19(18(25)10-14)33-13(2)3/h5-11,13,26H,4,12H2,1-3H3,(H,27,31). The Morgan fingerprint density at radius 3 is 2.79 bits per heavy atom. The molecule has 34 heavy (non-hydrogen) atoms. The molecule has 0 spiro atoms. The van der Waals surface area contributed by atoms with Crippen LogP contribution in [0.2, 0.25) is 5.02 Å². The van der Waals surface area contributed by atoms with Crippen LogP contribution >= 0.6 is 11.6 Å². The van der Waals surface area contributed by atoms with Gasteiger partial charge in [-0.1, -0.05) is 28.9 Å². The molecule has 4 aromatic rings. The van der Waals surface area contributed by atoms with E-state index in [-0.39, 0.29) is 19.3 Å². The number of amides is 1. The Bertz CT molecular complexity index is 1340. The molecule has 176 valence electrons. The van der Waals surface area contributed by atoms with Crippen LogP contribution in [0.4, 0.5) is 0 Å². The van der Waals surface area contributed by atoms with Gasteiger partial charge in [0.15, 0.2) is 0 Å². The third-order valence-electron chi connectivity index (χ3n) is 4.87. The summed E-state index contributed by atoms with van der Waals surface area (Å²) in [4.78, 5) is 31.7. The summed E-state index contributed by atoms with van der Waals surface area (Å²) >= 11 is 6.33. The Morgan fingerprint density at radius 1 is 1.24 bits per heavy atom. The molecular formula is C24H23ClN4O5. The number of carbonyl (C=O) groups excluding carboxylic acids is 2. The van der Waals surface area contributed by atoms with Gasteiger partial charge >= 0.3 is 5.97 Å². The molecule has 0 saturated carbocycles. The first-order chi connectivity index (χ1) is 16.4. The van der Waals surface area contributed by atoms with Crippen LogP contribution in [0, 0.1) is 0 Å². The van der Waals surface area contributed by atoms with Crippen LogP contribution < -0.4 is 10.1 Å². The normalized spacial score (nSPS) is 11.1. The molecule has 2 heterocycles. The summed E-state index contributed by atoms with van der Waals surface area (Å²) < 4.78 is 16.0. The van der Waals surface area contributed by atoms with Gasteiger partial charge in [0.25, 0.3) is 11.8 Å². The third kappa shape index (κ3) is 4.89. The number of halogens is 1. The lowest BCUT2D eigenvalue weighted by molar-refractivity contribution is -0.141. The number of hydrogen-bond donors (Lipinski definition) is 2. The predicted molar refractivity (Wildman–Crippen MR) is 127 cm³/mol. The fourth-order valence-corrected chi connectivity index (χ4v) is 3.65. The number of nitrogens with one attached hydrogen (secondary N) is 2. The van der Waals surface area contributed by atoms with E-state index in [0.29, 0.717) is 50.1 Å². The van der Waals surface area contributed by atoms with Crippen molar-refractivity contribution in [2.24, 2.45) is 0 Å². The second kappa shape index (κ2) is 9.96. The Kier molecular flexibility index (Phi) is 6.83. The van der Waals surface area contributed by atoms with E-state index in [1.165, 1.54) is 0 Å². The summed E-state index contributed by atoms with van der Waals surface area (Å²) in [5.74, 6) is 0.316. The number of carbonyl (C=O) groups is 2. The number of rotatable bonds is 8. The third-order valence-corrected chi connectivity index (χ3v) is 5.16. The molecule has 2 aromatic heterocycles. The second-order valence-electron chi connectivity index (χ2n) is 7.65. The highest BCUT2D eigenvalue weighted by Gasteiger charge is 2.19. The zero-order valence-electron chi connectivity index (χ0n) is 18.8. The van der Waals surface area contributed by atoms with Crippen molar-refractivity contribution in [3.8, 4) is 28.6 Å². The molecule has 10 heteroatoms. The van der Waals surface area contributed by atoms with Crippen molar-refractivity contribution in [3.63, 3.8) is 0 Å². The topological polar surface area (TPSA) is 119 Å². The van der Waals surface area contributed by atoms with E-state index in [9.17, 15) is 9.59 Å². The molecule has 0 aliphatic carbocycles. The number of ether oxygens (including phenoxy) is 2. The summed E-state index contributed by atoms with van der Waals surface area (Å²) in [6.07, 6.45) is 1.57. The summed E-state index contributed by atoms with van der Waals surface area (Å²) in [6.45, 7) is 5.59. The highest BCUT2D eigenvalue weighted by molar-refractivity contribution is 6.32. The van der Waals surface area contributed by atoms with Gasteiger partial charge in [0, 0.05) is 22.7 Å². The van der Waals surface area contributed by atoms with Crippen molar-refractivity contribution in [1.29, 1.82) is 0 Å². The number of hydrogen-bond acceptors (Lipinski definition) is 7. The van der Waals surface area contributed by atoms with Gasteiger partial charge in [-0.25, -0.2) is 0 Å². The average Bonchev–Trinajstić information content (AvgIpc) is 3.46. The summed E-state index contributed by atoms with van der Waals surface area (Å²) in [5.41, 5.74) is 2.35. The maximum atomic E-state index is 12.6. The minimum atomic E-state index is -0.500. The van der Waals surface area contributed by atoms with Crippen LogP contribution in [0.1, 0.15) is 31.1 Å². The van der Waals surface area contributed by atoms with Crippen LogP contribution in [0.25, 0.3) is 33.7 Å². The van der Waals surface area contributed by atoms with E-state index in [2.05, 4.69) is 20.4 Å². The number of aromatic amines is 1. The first-order valence-electron chi connectivity index (χ1n) is 10.7. The number of H-pyrrole nitrogens is 1. The van der Waals surface area contributed by atoms with Crippen LogP contribution in [-0.2, 0) is 9.53 Å². The number of aromatic nitrogens is 3. The molecule has 0 aliphatic rings. The highest BCUT2D eigenvalue weighted by Crippen LogP contribution is 2.33. The fraction of sp³-hybridized carbons (Fsp3) is 0.250. The fourth-order valence-electron chi connectivity index (χ4n) is 3.42. The van der Waals surface area contributed by atoms with Gasteiger partial charge in [-0.3, -0.25) is 9.59 Å². The molecule has 0 fully saturated rings. The Labute approximate surface area is 200 Å². The molecule has 2 N–H and O–H groups in total. The lowest BCUT2D eigenvalue weighted by Gasteiger charge is -2.11. The lowest BCUT2D eigenvalue weighted by atomic mass is 10.1. The van der Waals surface area contributed by atoms with Crippen molar-refractivity contribution in [3.05, 3.63) is 53.2 Å². The molecule has 0 atom stereocenters. The van der Waals surface area contributed by atoms with E-state index in [4.69, 9.17) is 25.6 Å². The van der Waals surface area contributed by atoms with Gasteiger partial charge in [0.2, 0.25) is 5.82 Å².